The van der Waals surface area contributed by atoms with Crippen molar-refractivity contribution in [3.05, 3.63) is 65.2 Å². The highest BCUT2D eigenvalue weighted by atomic mass is 19.1. The van der Waals surface area contributed by atoms with Gasteiger partial charge in [0.15, 0.2) is 5.84 Å². The van der Waals surface area contributed by atoms with E-state index in [2.05, 4.69) is 10.5 Å². The molecule has 4 nitrogen and oxygen atoms in total. The number of nitrogens with two attached hydrogens (primary N) is 1. The zero-order valence-corrected chi connectivity index (χ0v) is 10.5. The van der Waals surface area contributed by atoms with Gasteiger partial charge in [0.05, 0.1) is 5.69 Å². The molecule has 2 rings (SSSR count). The first-order valence-corrected chi connectivity index (χ1v) is 5.86. The lowest BCUT2D eigenvalue weighted by Gasteiger charge is -2.11. The van der Waals surface area contributed by atoms with E-state index in [4.69, 9.17) is 10.9 Å². The fraction of sp³-hybridized carbons (Fsp3) is 0.0714. The first kappa shape index (κ1) is 13.8. The molecular weight excluding hydrogens is 264 g/mol. The second kappa shape index (κ2) is 6.01. The Hall–Kier alpha value is -2.63. The number of hydrogen-bond acceptors (Lipinski definition) is 3. The molecule has 0 aliphatic heterocycles. The average Bonchev–Trinajstić information content (AvgIpc) is 2.46. The number of nitrogens with one attached hydrogen (secondary N) is 1. The number of oxime groups is 1. The van der Waals surface area contributed by atoms with Crippen LogP contribution in [0.1, 0.15) is 11.1 Å². The van der Waals surface area contributed by atoms with Crippen LogP contribution in [-0.4, -0.2) is 11.0 Å². The molecule has 0 bridgehead atoms. The number of rotatable bonds is 4. The van der Waals surface area contributed by atoms with E-state index in [-0.39, 0.29) is 18.1 Å². The normalized spacial score (nSPS) is 11.4. The summed E-state index contributed by atoms with van der Waals surface area (Å²) in [5, 5.41) is 14.5. The molecular formula is C14H13F2N3O. The zero-order chi connectivity index (χ0) is 14.5. The second-order valence-electron chi connectivity index (χ2n) is 4.12. The molecule has 0 atom stereocenters. The third kappa shape index (κ3) is 3.03. The molecule has 0 amide bonds. The van der Waals surface area contributed by atoms with Gasteiger partial charge in [0.1, 0.15) is 11.6 Å². The lowest BCUT2D eigenvalue weighted by atomic mass is 10.1. The van der Waals surface area contributed by atoms with Gasteiger partial charge in [0, 0.05) is 18.2 Å². The van der Waals surface area contributed by atoms with Crippen LogP contribution in [0, 0.1) is 11.6 Å². The Morgan fingerprint density at radius 3 is 2.65 bits per heavy atom. The first-order chi connectivity index (χ1) is 9.61. The number of halogens is 2. The van der Waals surface area contributed by atoms with Crippen LogP contribution in [0.3, 0.4) is 0 Å². The summed E-state index contributed by atoms with van der Waals surface area (Å²) >= 11 is 0. The van der Waals surface area contributed by atoms with Gasteiger partial charge in [0.25, 0.3) is 0 Å². The van der Waals surface area contributed by atoms with Crippen molar-refractivity contribution in [1.82, 2.24) is 0 Å². The number of benzene rings is 2. The van der Waals surface area contributed by atoms with E-state index >= 15 is 0 Å². The minimum atomic E-state index is -0.675. The molecule has 0 fully saturated rings. The lowest BCUT2D eigenvalue weighted by molar-refractivity contribution is 0.318. The molecule has 104 valence electrons. The molecule has 0 spiro atoms. The minimum Gasteiger partial charge on any atom is -0.409 e. The number of amidine groups is 1. The summed E-state index contributed by atoms with van der Waals surface area (Å²) in [6.45, 7) is 0.259. The van der Waals surface area contributed by atoms with Crippen LogP contribution in [0.4, 0.5) is 14.5 Å². The molecule has 2 aromatic carbocycles. The number of anilines is 1. The SMILES string of the molecule is NC(=NO)c1ccccc1CNc1ccc(F)cc1F. The van der Waals surface area contributed by atoms with Crippen LogP contribution in [-0.2, 0) is 6.54 Å². The Bertz CT molecular complexity index is 644. The summed E-state index contributed by atoms with van der Waals surface area (Å²) in [4.78, 5) is 0. The quantitative estimate of drug-likeness (QED) is 0.348. The first-order valence-electron chi connectivity index (χ1n) is 5.86. The standard InChI is InChI=1S/C14H13F2N3O/c15-10-5-6-13(12(16)7-10)18-8-9-3-1-2-4-11(9)14(17)19-20/h1-7,18,20H,8H2,(H2,17,19). The van der Waals surface area contributed by atoms with Crippen LogP contribution in [0.25, 0.3) is 0 Å². The van der Waals surface area contributed by atoms with Crippen LogP contribution < -0.4 is 11.1 Å². The van der Waals surface area contributed by atoms with Gasteiger partial charge in [-0.15, -0.1) is 0 Å². The maximum Gasteiger partial charge on any atom is 0.170 e. The Morgan fingerprint density at radius 2 is 1.95 bits per heavy atom. The maximum atomic E-state index is 13.5. The summed E-state index contributed by atoms with van der Waals surface area (Å²) in [6, 6.07) is 10.3. The molecule has 20 heavy (non-hydrogen) atoms. The number of nitrogens with zero attached hydrogens (tertiary/aromatic N) is 1. The minimum absolute atomic E-state index is 0.0259. The third-order valence-electron chi connectivity index (χ3n) is 2.80. The van der Waals surface area contributed by atoms with Gasteiger partial charge in [-0.2, -0.15) is 0 Å². The Kier molecular flexibility index (Phi) is 4.14. The van der Waals surface area contributed by atoms with Crippen molar-refractivity contribution in [3.63, 3.8) is 0 Å². The maximum absolute atomic E-state index is 13.5. The van der Waals surface area contributed by atoms with Crippen molar-refractivity contribution >= 4 is 11.5 Å². The zero-order valence-electron chi connectivity index (χ0n) is 10.5. The van der Waals surface area contributed by atoms with E-state index in [9.17, 15) is 8.78 Å². The highest BCUT2D eigenvalue weighted by Gasteiger charge is 2.08. The molecule has 0 aliphatic carbocycles. The second-order valence-corrected chi connectivity index (χ2v) is 4.12. The van der Waals surface area contributed by atoms with E-state index in [0.717, 1.165) is 11.6 Å². The fourth-order valence-corrected chi connectivity index (χ4v) is 1.80. The molecule has 0 radical (unpaired) electrons. The van der Waals surface area contributed by atoms with E-state index in [0.29, 0.717) is 5.56 Å². The molecule has 6 heteroatoms. The highest BCUT2D eigenvalue weighted by Crippen LogP contribution is 2.17. The van der Waals surface area contributed by atoms with Gasteiger partial charge in [0.2, 0.25) is 0 Å². The van der Waals surface area contributed by atoms with Gasteiger partial charge in [-0.1, -0.05) is 29.4 Å². The third-order valence-corrected chi connectivity index (χ3v) is 2.80. The Labute approximate surface area is 114 Å². The van der Waals surface area contributed by atoms with Crippen LogP contribution >= 0.6 is 0 Å². The summed E-state index contributed by atoms with van der Waals surface area (Å²) in [6.07, 6.45) is 0. The van der Waals surface area contributed by atoms with Gasteiger partial charge in [-0.3, -0.25) is 0 Å². The van der Waals surface area contributed by atoms with E-state index < -0.39 is 11.6 Å². The lowest BCUT2D eigenvalue weighted by Crippen LogP contribution is -2.17. The monoisotopic (exact) mass is 277 g/mol. The fourth-order valence-electron chi connectivity index (χ4n) is 1.80. The summed E-state index contributed by atoms with van der Waals surface area (Å²) in [5.41, 5.74) is 7.02. The molecule has 0 saturated carbocycles. The molecule has 4 N–H and O–H groups in total. The number of hydrogen-bond donors (Lipinski definition) is 3. The van der Waals surface area contributed by atoms with Crippen molar-refractivity contribution in [1.29, 1.82) is 0 Å². The largest absolute Gasteiger partial charge is 0.409 e. The summed E-state index contributed by atoms with van der Waals surface area (Å²) in [5.74, 6) is -1.33. The van der Waals surface area contributed by atoms with Crippen LogP contribution in [0.5, 0.6) is 0 Å². The molecule has 2 aromatic rings. The topological polar surface area (TPSA) is 70.6 Å². The van der Waals surface area contributed by atoms with E-state index in [1.165, 1.54) is 12.1 Å². The van der Waals surface area contributed by atoms with Crippen molar-refractivity contribution in [2.75, 3.05) is 5.32 Å². The summed E-state index contributed by atoms with van der Waals surface area (Å²) in [7, 11) is 0. The molecule has 0 unspecified atom stereocenters. The van der Waals surface area contributed by atoms with Crippen molar-refractivity contribution in [2.45, 2.75) is 6.54 Å². The Balaban J connectivity index is 2.19. The molecule has 0 aromatic heterocycles. The summed E-state index contributed by atoms with van der Waals surface area (Å²) < 4.78 is 26.3. The van der Waals surface area contributed by atoms with Crippen LogP contribution in [0.15, 0.2) is 47.6 Å². The van der Waals surface area contributed by atoms with Gasteiger partial charge >= 0.3 is 0 Å². The van der Waals surface area contributed by atoms with Crippen molar-refractivity contribution in [2.24, 2.45) is 10.9 Å². The van der Waals surface area contributed by atoms with Gasteiger partial charge < -0.3 is 16.3 Å². The van der Waals surface area contributed by atoms with Crippen molar-refractivity contribution < 1.29 is 14.0 Å². The highest BCUT2D eigenvalue weighted by molar-refractivity contribution is 5.98. The van der Waals surface area contributed by atoms with E-state index in [1.54, 1.807) is 24.3 Å². The molecule has 0 saturated heterocycles. The molecule has 0 heterocycles. The van der Waals surface area contributed by atoms with Crippen molar-refractivity contribution in [3.8, 4) is 0 Å². The van der Waals surface area contributed by atoms with Gasteiger partial charge in [-0.05, 0) is 17.7 Å². The van der Waals surface area contributed by atoms with Gasteiger partial charge in [-0.25, -0.2) is 8.78 Å². The Morgan fingerprint density at radius 1 is 1.20 bits per heavy atom. The molecule has 0 aliphatic rings. The van der Waals surface area contributed by atoms with Crippen LogP contribution in [0.2, 0.25) is 0 Å². The predicted molar refractivity (Wildman–Crippen MR) is 72.6 cm³/mol. The smallest absolute Gasteiger partial charge is 0.170 e. The predicted octanol–water partition coefficient (Wildman–Crippen LogP) is 2.67. The van der Waals surface area contributed by atoms with E-state index in [1.807, 2.05) is 0 Å². The average molecular weight is 277 g/mol.